The summed E-state index contributed by atoms with van der Waals surface area (Å²) in [6.07, 6.45) is 1.14. The van der Waals surface area contributed by atoms with E-state index in [4.69, 9.17) is 5.11 Å². The summed E-state index contributed by atoms with van der Waals surface area (Å²) in [5.41, 5.74) is 0.939. The fourth-order valence-electron chi connectivity index (χ4n) is 2.95. The molecule has 1 aliphatic heterocycles. The van der Waals surface area contributed by atoms with E-state index in [1.165, 1.54) is 36.8 Å². The average Bonchev–Trinajstić information content (AvgIpc) is 3.31. The smallest absolute Gasteiger partial charge is 0.309 e. The van der Waals surface area contributed by atoms with Gasteiger partial charge in [0.25, 0.3) is 0 Å². The van der Waals surface area contributed by atoms with Crippen LogP contribution in [-0.2, 0) is 11.2 Å². The summed E-state index contributed by atoms with van der Waals surface area (Å²) >= 11 is 1.73. The molecule has 1 fully saturated rings. The Morgan fingerprint density at radius 2 is 1.90 bits per heavy atom. The van der Waals surface area contributed by atoms with Gasteiger partial charge in [-0.25, -0.2) is 13.1 Å². The minimum atomic E-state index is -0.945. The molecule has 3 aromatic rings. The van der Waals surface area contributed by atoms with E-state index >= 15 is 0 Å². The number of fused-ring (bicyclic) bond motifs is 1. The summed E-state index contributed by atoms with van der Waals surface area (Å²) in [6, 6.07) is 10.8. The van der Waals surface area contributed by atoms with Crippen LogP contribution in [0.15, 0.2) is 60.5 Å². The highest BCUT2D eigenvalue weighted by atomic mass is 32.2. The van der Waals surface area contributed by atoms with Crippen molar-refractivity contribution in [3.8, 4) is 0 Å². The molecular weight excluding hydrogens is 408 g/mol. The molecule has 1 aromatic heterocycles. The molecule has 0 aliphatic carbocycles. The number of hydrogen-bond donors (Lipinski definition) is 2. The van der Waals surface area contributed by atoms with E-state index in [0.717, 1.165) is 23.9 Å². The number of aliphatic carboxylic acids is 1. The Labute approximate surface area is 178 Å². The zero-order chi connectivity index (χ0) is 22.1. The van der Waals surface area contributed by atoms with Crippen LogP contribution in [0.2, 0.25) is 0 Å². The number of hydrogen-bond acceptors (Lipinski definition) is 4. The van der Waals surface area contributed by atoms with Crippen molar-refractivity contribution in [2.45, 2.75) is 24.7 Å². The van der Waals surface area contributed by atoms with E-state index in [2.05, 4.69) is 34.6 Å². The molecule has 160 valence electrons. The molecule has 30 heavy (non-hydrogen) atoms. The van der Waals surface area contributed by atoms with Gasteiger partial charge in [0, 0.05) is 29.4 Å². The first-order valence-corrected chi connectivity index (χ1v) is 10.2. The number of nitrogens with one attached hydrogen (secondary N) is 1. The van der Waals surface area contributed by atoms with Gasteiger partial charge in [0.2, 0.25) is 0 Å². The van der Waals surface area contributed by atoms with Crippen LogP contribution in [0.3, 0.4) is 0 Å². The van der Waals surface area contributed by atoms with Crippen molar-refractivity contribution in [2.24, 2.45) is 5.92 Å². The maximum absolute atomic E-state index is 12.7. The van der Waals surface area contributed by atoms with Gasteiger partial charge in [-0.15, -0.1) is 13.2 Å². The highest BCUT2D eigenvalue weighted by molar-refractivity contribution is 7.97. The van der Waals surface area contributed by atoms with Gasteiger partial charge in [0.05, 0.1) is 17.6 Å². The van der Waals surface area contributed by atoms with Crippen LogP contribution >= 0.6 is 11.9 Å². The molecule has 0 unspecified atom stereocenters. The van der Waals surface area contributed by atoms with E-state index < -0.39 is 5.97 Å². The third kappa shape index (κ3) is 6.96. The third-order valence-electron chi connectivity index (χ3n) is 4.36. The summed E-state index contributed by atoms with van der Waals surface area (Å²) < 4.78 is 27.7. The normalized spacial score (nSPS) is 15.8. The second-order valence-corrected chi connectivity index (χ2v) is 7.93. The van der Waals surface area contributed by atoms with Crippen molar-refractivity contribution < 1.29 is 18.7 Å². The van der Waals surface area contributed by atoms with E-state index in [-0.39, 0.29) is 18.1 Å². The number of halogens is 2. The number of carbonyl (C=O) groups is 1. The minimum Gasteiger partial charge on any atom is -0.481 e. The van der Waals surface area contributed by atoms with Gasteiger partial charge in [-0.3, -0.25) is 9.89 Å². The molecule has 8 heteroatoms. The highest BCUT2D eigenvalue weighted by Crippen LogP contribution is 2.28. The number of H-pyrrole nitrogens is 1. The Hall–Kier alpha value is -2.71. The van der Waals surface area contributed by atoms with Gasteiger partial charge in [0.1, 0.15) is 11.6 Å². The molecule has 0 amide bonds. The lowest BCUT2D eigenvalue weighted by Crippen LogP contribution is -2.10. The number of nitrogens with zero attached hydrogens (tertiary/aromatic N) is 2. The van der Waals surface area contributed by atoms with E-state index in [0.29, 0.717) is 16.6 Å². The van der Waals surface area contributed by atoms with Gasteiger partial charge in [-0.1, -0.05) is 6.92 Å². The molecule has 1 atom stereocenters. The maximum Gasteiger partial charge on any atom is 0.309 e. The van der Waals surface area contributed by atoms with Gasteiger partial charge in [-0.05, 0) is 60.7 Å². The van der Waals surface area contributed by atoms with Crippen LogP contribution in [0, 0.1) is 17.6 Å². The summed E-state index contributed by atoms with van der Waals surface area (Å²) in [7, 11) is 0. The average molecular weight is 434 g/mol. The Kier molecular flexibility index (Phi) is 9.01. The number of aromatic nitrogens is 2. The lowest BCUT2D eigenvalue weighted by Gasteiger charge is -2.13. The molecule has 0 saturated carbocycles. The van der Waals surface area contributed by atoms with Crippen LogP contribution in [-0.4, -0.2) is 38.7 Å². The zero-order valence-electron chi connectivity index (χ0n) is 16.8. The second kappa shape index (κ2) is 11.5. The first-order chi connectivity index (χ1) is 14.4. The molecule has 4 rings (SSSR count). The van der Waals surface area contributed by atoms with Gasteiger partial charge in [0.15, 0.2) is 0 Å². The molecule has 0 spiro atoms. The quantitative estimate of drug-likeness (QED) is 0.431. The van der Waals surface area contributed by atoms with E-state index in [9.17, 15) is 13.6 Å². The minimum absolute atomic E-state index is 0.137. The molecular formula is C22H25F2N3O2S. The van der Waals surface area contributed by atoms with Crippen LogP contribution in [0.4, 0.5) is 8.78 Å². The van der Waals surface area contributed by atoms with Crippen molar-refractivity contribution in [1.29, 1.82) is 0 Å². The highest BCUT2D eigenvalue weighted by Gasteiger charge is 2.19. The Morgan fingerprint density at radius 1 is 1.23 bits per heavy atom. The zero-order valence-corrected chi connectivity index (χ0v) is 17.6. The Morgan fingerprint density at radius 3 is 2.50 bits per heavy atom. The van der Waals surface area contributed by atoms with Crippen molar-refractivity contribution in [2.75, 3.05) is 13.1 Å². The topological polar surface area (TPSA) is 69.2 Å². The summed E-state index contributed by atoms with van der Waals surface area (Å²) in [6.45, 7) is 10.6. The van der Waals surface area contributed by atoms with E-state index in [1.807, 2.05) is 12.1 Å². The number of carboxylic acid groups (broad SMARTS) is 1. The Bertz CT molecular complexity index is 963. The lowest BCUT2D eigenvalue weighted by molar-refractivity contribution is -0.136. The molecule has 2 aromatic carbocycles. The molecule has 1 saturated heterocycles. The summed E-state index contributed by atoms with van der Waals surface area (Å²) in [5, 5.41) is 15.6. The number of rotatable bonds is 4. The summed E-state index contributed by atoms with van der Waals surface area (Å²) in [4.78, 5) is 11.6. The van der Waals surface area contributed by atoms with Gasteiger partial charge >= 0.3 is 5.97 Å². The van der Waals surface area contributed by atoms with Gasteiger partial charge in [-0.2, -0.15) is 5.10 Å². The SMILES string of the molecule is C=C.C[C@H]1CCN(Sc2ccc(F)cc2)C1.O=C(O)Cc1[nH]nc2cc(F)ccc12. The fraction of sp³-hybridized carbons (Fsp3) is 0.273. The number of benzene rings is 2. The number of aromatic amines is 1. The predicted molar refractivity (Wildman–Crippen MR) is 116 cm³/mol. The first kappa shape index (κ1) is 23.6. The Balaban J connectivity index is 0.000000197. The van der Waals surface area contributed by atoms with Crippen molar-refractivity contribution >= 4 is 28.8 Å². The van der Waals surface area contributed by atoms with E-state index in [1.54, 1.807) is 11.9 Å². The largest absolute Gasteiger partial charge is 0.481 e. The molecule has 2 N–H and O–H groups in total. The summed E-state index contributed by atoms with van der Waals surface area (Å²) in [5.74, 6) is -0.696. The van der Waals surface area contributed by atoms with Crippen LogP contribution < -0.4 is 0 Å². The standard InChI is InChI=1S/C11H14FNS.C9H7FN2O2.C2H4/c1-9-6-7-13(8-9)14-11-4-2-10(12)3-5-11;10-5-1-2-6-7(3-5)11-12-8(6)4-9(13)14;1-2/h2-5,9H,6-8H2,1H3;1-3H,4H2,(H,11,12)(H,13,14);1-2H2/t9-;;/m0../s1. The molecule has 0 radical (unpaired) electrons. The fourth-order valence-corrected chi connectivity index (χ4v) is 4.03. The maximum atomic E-state index is 12.7. The first-order valence-electron chi connectivity index (χ1n) is 9.43. The predicted octanol–water partition coefficient (Wildman–Crippen LogP) is 5.31. The second-order valence-electron chi connectivity index (χ2n) is 6.76. The van der Waals surface area contributed by atoms with Crippen LogP contribution in [0.1, 0.15) is 19.0 Å². The van der Waals surface area contributed by atoms with Crippen LogP contribution in [0.25, 0.3) is 10.9 Å². The van der Waals surface area contributed by atoms with Crippen molar-refractivity contribution in [1.82, 2.24) is 14.5 Å². The molecule has 2 heterocycles. The molecule has 0 bridgehead atoms. The van der Waals surface area contributed by atoms with Crippen molar-refractivity contribution in [3.63, 3.8) is 0 Å². The van der Waals surface area contributed by atoms with Crippen molar-refractivity contribution in [3.05, 3.63) is 73.0 Å². The van der Waals surface area contributed by atoms with Gasteiger partial charge < -0.3 is 5.11 Å². The monoisotopic (exact) mass is 433 g/mol. The molecule has 1 aliphatic rings. The number of carboxylic acids is 1. The molecule has 5 nitrogen and oxygen atoms in total. The third-order valence-corrected chi connectivity index (χ3v) is 5.43. The lowest BCUT2D eigenvalue weighted by atomic mass is 10.2. The van der Waals surface area contributed by atoms with Crippen LogP contribution in [0.5, 0.6) is 0 Å².